The number of nitrogens with zero attached hydrogens (tertiary/aromatic N) is 1. The summed E-state index contributed by atoms with van der Waals surface area (Å²) in [6.07, 6.45) is -1.44. The lowest BCUT2D eigenvalue weighted by molar-refractivity contribution is -0.255. The van der Waals surface area contributed by atoms with Crippen molar-refractivity contribution in [2.75, 3.05) is 20.2 Å². The van der Waals surface area contributed by atoms with E-state index in [0.29, 0.717) is 6.54 Å². The minimum atomic E-state index is -0.975. The zero-order chi connectivity index (χ0) is 9.64. The molecular formula is C7H12BNO4. The molecule has 2 N–H and O–H groups in total. The number of hydrogen-bond acceptors (Lipinski definition) is 5. The van der Waals surface area contributed by atoms with Crippen molar-refractivity contribution in [3.63, 3.8) is 0 Å². The number of aliphatic hydroxyl groups is 2. The fraction of sp³-hybridized carbons (Fsp3) is 1.00. The summed E-state index contributed by atoms with van der Waals surface area (Å²) in [7, 11) is 7.30. The molecule has 13 heavy (non-hydrogen) atoms. The molecule has 2 aliphatic heterocycles. The molecule has 0 aromatic carbocycles. The number of rotatable bonds is 1. The Morgan fingerprint density at radius 2 is 2.38 bits per heavy atom. The van der Waals surface area contributed by atoms with E-state index in [1.165, 1.54) is 5.06 Å². The summed E-state index contributed by atoms with van der Waals surface area (Å²) in [5.74, 6) is 0. The molecule has 0 saturated carbocycles. The van der Waals surface area contributed by atoms with Crippen LogP contribution in [0, 0.1) is 0 Å². The van der Waals surface area contributed by atoms with Gasteiger partial charge in [-0.25, -0.2) is 0 Å². The topological polar surface area (TPSA) is 62.2 Å². The van der Waals surface area contributed by atoms with Crippen molar-refractivity contribution in [2.45, 2.75) is 23.8 Å². The number of likely N-dealkylation sites (N-methyl/N-ethyl adjacent to an activating group) is 1. The average molecular weight is 185 g/mol. The van der Waals surface area contributed by atoms with Crippen LogP contribution >= 0.6 is 0 Å². The second-order valence-corrected chi connectivity index (χ2v) is 3.61. The predicted octanol–water partition coefficient (Wildman–Crippen LogP) is -2.15. The van der Waals surface area contributed by atoms with Crippen LogP contribution in [0.5, 0.6) is 0 Å². The van der Waals surface area contributed by atoms with Crippen LogP contribution in [0.2, 0.25) is 0 Å². The van der Waals surface area contributed by atoms with Gasteiger partial charge in [-0.2, -0.15) is 5.06 Å². The van der Waals surface area contributed by atoms with E-state index in [1.54, 1.807) is 7.05 Å². The van der Waals surface area contributed by atoms with Crippen LogP contribution in [0.25, 0.3) is 0 Å². The van der Waals surface area contributed by atoms with Crippen LogP contribution in [-0.4, -0.2) is 67.1 Å². The van der Waals surface area contributed by atoms with Gasteiger partial charge in [-0.05, 0) is 0 Å². The van der Waals surface area contributed by atoms with Crippen molar-refractivity contribution in [3.8, 4) is 0 Å². The highest BCUT2D eigenvalue weighted by atomic mass is 16.7. The number of ether oxygens (including phenoxy) is 1. The van der Waals surface area contributed by atoms with Crippen molar-refractivity contribution in [1.82, 2.24) is 5.06 Å². The molecule has 1 unspecified atom stereocenters. The summed E-state index contributed by atoms with van der Waals surface area (Å²) in [6.45, 7) is 0.0565. The van der Waals surface area contributed by atoms with Gasteiger partial charge in [-0.15, -0.1) is 0 Å². The van der Waals surface area contributed by atoms with Gasteiger partial charge in [0, 0.05) is 13.1 Å². The molecule has 2 rings (SSSR count). The highest BCUT2D eigenvalue weighted by molar-refractivity contribution is 6.11. The molecule has 2 radical (unpaired) electrons. The molecule has 0 aromatic rings. The summed E-state index contributed by atoms with van der Waals surface area (Å²) in [4.78, 5) is 5.25. The molecule has 2 fully saturated rings. The Morgan fingerprint density at radius 1 is 1.69 bits per heavy atom. The van der Waals surface area contributed by atoms with Gasteiger partial charge in [0.05, 0.1) is 13.2 Å². The maximum atomic E-state index is 9.73. The minimum absolute atomic E-state index is 0.258. The first-order valence-electron chi connectivity index (χ1n) is 4.19. The van der Waals surface area contributed by atoms with E-state index in [9.17, 15) is 5.11 Å². The molecular weight excluding hydrogens is 173 g/mol. The van der Waals surface area contributed by atoms with Crippen molar-refractivity contribution in [2.24, 2.45) is 0 Å². The van der Waals surface area contributed by atoms with Gasteiger partial charge in [0.1, 0.15) is 25.7 Å². The molecule has 0 spiro atoms. The second kappa shape index (κ2) is 2.93. The molecule has 2 saturated heterocycles. The Kier molecular flexibility index (Phi) is 2.12. The Balaban J connectivity index is 2.26. The summed E-state index contributed by atoms with van der Waals surface area (Å²) in [6, 6.07) is -0.674. The van der Waals surface area contributed by atoms with Crippen molar-refractivity contribution >= 4 is 7.85 Å². The van der Waals surface area contributed by atoms with E-state index in [2.05, 4.69) is 0 Å². The van der Waals surface area contributed by atoms with Gasteiger partial charge < -0.3 is 14.9 Å². The van der Waals surface area contributed by atoms with Crippen LogP contribution in [0.1, 0.15) is 0 Å². The smallest absolute Gasteiger partial charge is 0.134 e. The first-order chi connectivity index (χ1) is 6.09. The Morgan fingerprint density at radius 3 is 3.00 bits per heavy atom. The van der Waals surface area contributed by atoms with Crippen LogP contribution < -0.4 is 0 Å². The average Bonchev–Trinajstić information content (AvgIpc) is 2.26. The molecule has 6 heteroatoms. The number of hydrogen-bond donors (Lipinski definition) is 2. The second-order valence-electron chi connectivity index (χ2n) is 3.61. The maximum absolute atomic E-state index is 9.73. The van der Waals surface area contributed by atoms with E-state index in [0.717, 1.165) is 0 Å². The summed E-state index contributed by atoms with van der Waals surface area (Å²) < 4.78 is 5.32. The molecule has 2 bridgehead atoms. The van der Waals surface area contributed by atoms with Crippen molar-refractivity contribution in [1.29, 1.82) is 0 Å². The predicted molar refractivity (Wildman–Crippen MR) is 44.0 cm³/mol. The van der Waals surface area contributed by atoms with E-state index in [4.69, 9.17) is 22.5 Å². The van der Waals surface area contributed by atoms with Gasteiger partial charge in [0.25, 0.3) is 0 Å². The Bertz CT molecular complexity index is 213. The first-order valence-corrected chi connectivity index (χ1v) is 4.19. The van der Waals surface area contributed by atoms with Crippen molar-refractivity contribution in [3.05, 3.63) is 0 Å². The van der Waals surface area contributed by atoms with E-state index in [-0.39, 0.29) is 6.61 Å². The fourth-order valence-electron chi connectivity index (χ4n) is 1.94. The largest absolute Gasteiger partial charge is 0.393 e. The molecule has 2 heterocycles. The standard InChI is InChI=1S/C7H12BNO4/c1-9-2-7(3-10)5(11)4(13-9)6(8)12-7/h4-6,10-11H,2-3H2,1H3/t4-,5?,6+,7+/m0/s1. The van der Waals surface area contributed by atoms with Gasteiger partial charge in [-0.3, -0.25) is 4.84 Å². The Labute approximate surface area is 77.6 Å². The van der Waals surface area contributed by atoms with E-state index < -0.39 is 23.8 Å². The van der Waals surface area contributed by atoms with E-state index >= 15 is 0 Å². The Hall–Kier alpha value is -0.135. The zero-order valence-electron chi connectivity index (χ0n) is 7.38. The summed E-state index contributed by atoms with van der Waals surface area (Å²) >= 11 is 0. The van der Waals surface area contributed by atoms with Crippen LogP contribution in [-0.2, 0) is 9.57 Å². The van der Waals surface area contributed by atoms with Gasteiger partial charge in [-0.1, -0.05) is 0 Å². The summed E-state index contributed by atoms with van der Waals surface area (Å²) in [5.41, 5.74) is -0.975. The number of aliphatic hydroxyl groups excluding tert-OH is 2. The molecule has 0 aromatic heterocycles. The third kappa shape index (κ3) is 1.21. The highest BCUT2D eigenvalue weighted by Gasteiger charge is 2.57. The van der Waals surface area contributed by atoms with Crippen LogP contribution in [0.3, 0.4) is 0 Å². The third-order valence-corrected chi connectivity index (χ3v) is 2.60. The fourth-order valence-corrected chi connectivity index (χ4v) is 1.94. The maximum Gasteiger partial charge on any atom is 0.134 e. The summed E-state index contributed by atoms with van der Waals surface area (Å²) in [5, 5.41) is 20.4. The molecule has 4 atom stereocenters. The lowest BCUT2D eigenvalue weighted by atomic mass is 9.88. The monoisotopic (exact) mass is 185 g/mol. The van der Waals surface area contributed by atoms with Crippen LogP contribution in [0.15, 0.2) is 0 Å². The van der Waals surface area contributed by atoms with Gasteiger partial charge in [0.2, 0.25) is 0 Å². The molecule has 72 valence electrons. The van der Waals surface area contributed by atoms with Gasteiger partial charge >= 0.3 is 0 Å². The molecule has 5 nitrogen and oxygen atoms in total. The lowest BCUT2D eigenvalue weighted by Gasteiger charge is -2.38. The zero-order valence-corrected chi connectivity index (χ0v) is 7.38. The lowest BCUT2D eigenvalue weighted by Crippen LogP contribution is -2.58. The number of hydroxylamine groups is 2. The minimum Gasteiger partial charge on any atom is -0.393 e. The quantitative estimate of drug-likeness (QED) is 0.456. The third-order valence-electron chi connectivity index (χ3n) is 2.60. The first kappa shape index (κ1) is 9.42. The van der Waals surface area contributed by atoms with Gasteiger partial charge in [0.15, 0.2) is 0 Å². The molecule has 2 aliphatic rings. The normalized spacial score (nSPS) is 51.2. The molecule has 0 amide bonds. The number of fused-ring (bicyclic) bond motifs is 2. The highest BCUT2D eigenvalue weighted by Crippen LogP contribution is 2.36. The van der Waals surface area contributed by atoms with Crippen LogP contribution in [0.4, 0.5) is 0 Å². The molecule has 0 aliphatic carbocycles. The van der Waals surface area contributed by atoms with E-state index in [1.807, 2.05) is 0 Å². The van der Waals surface area contributed by atoms with Crippen molar-refractivity contribution < 1.29 is 19.8 Å². The SMILES string of the molecule is [B][C@@H]1O[C@@]2(CO)CN(C)O[C@H]1C2O.